The third-order valence-corrected chi connectivity index (χ3v) is 5.47. The first-order valence-electron chi connectivity index (χ1n) is 9.16. The molecule has 26 heavy (non-hydrogen) atoms. The molecule has 1 aliphatic carbocycles. The number of ether oxygens (including phenoxy) is 1. The van der Waals surface area contributed by atoms with Gasteiger partial charge in [0, 0.05) is 38.7 Å². The first kappa shape index (κ1) is 19.0. The topological polar surface area (TPSA) is 49.9 Å². The van der Waals surface area contributed by atoms with Crippen LogP contribution >= 0.6 is 11.6 Å². The fourth-order valence-corrected chi connectivity index (χ4v) is 3.77. The summed E-state index contributed by atoms with van der Waals surface area (Å²) >= 11 is 5.70. The van der Waals surface area contributed by atoms with Crippen LogP contribution in [0.3, 0.4) is 0 Å². The predicted molar refractivity (Wildman–Crippen MR) is 96.6 cm³/mol. The quantitative estimate of drug-likeness (QED) is 0.786. The van der Waals surface area contributed by atoms with Crippen molar-refractivity contribution in [3.8, 4) is 5.75 Å². The zero-order valence-corrected chi connectivity index (χ0v) is 15.5. The molecule has 5 nitrogen and oxygen atoms in total. The van der Waals surface area contributed by atoms with Crippen molar-refractivity contribution < 1.29 is 18.7 Å². The van der Waals surface area contributed by atoms with E-state index >= 15 is 0 Å². The van der Waals surface area contributed by atoms with E-state index in [2.05, 4.69) is 0 Å². The number of halogens is 2. The van der Waals surface area contributed by atoms with Crippen LogP contribution in [0.1, 0.15) is 32.1 Å². The van der Waals surface area contributed by atoms with Gasteiger partial charge < -0.3 is 14.5 Å². The number of hydrogen-bond acceptors (Lipinski definition) is 3. The zero-order chi connectivity index (χ0) is 18.5. The summed E-state index contributed by atoms with van der Waals surface area (Å²) in [7, 11) is 0. The molecule has 2 fully saturated rings. The Morgan fingerprint density at radius 3 is 2.31 bits per heavy atom. The number of piperazine rings is 1. The van der Waals surface area contributed by atoms with E-state index in [4.69, 9.17) is 16.3 Å². The lowest BCUT2D eigenvalue weighted by Gasteiger charge is -2.35. The minimum atomic E-state index is -0.524. The van der Waals surface area contributed by atoms with Crippen molar-refractivity contribution in [3.05, 3.63) is 29.0 Å². The van der Waals surface area contributed by atoms with Gasteiger partial charge in [0.15, 0.2) is 6.61 Å². The van der Waals surface area contributed by atoms with Crippen molar-refractivity contribution in [1.82, 2.24) is 9.80 Å². The number of carbonyl (C=O) groups is 2. The Bertz CT molecular complexity index is 656. The van der Waals surface area contributed by atoms with Crippen molar-refractivity contribution in [2.24, 2.45) is 5.92 Å². The molecule has 0 aromatic heterocycles. The van der Waals surface area contributed by atoms with E-state index < -0.39 is 5.82 Å². The molecule has 0 N–H and O–H groups in total. The molecule has 1 aromatic carbocycles. The second-order valence-corrected chi connectivity index (χ2v) is 7.39. The van der Waals surface area contributed by atoms with Gasteiger partial charge in [-0.15, -0.1) is 0 Å². The molecular formula is C19H24ClFN2O3. The van der Waals surface area contributed by atoms with Crippen LogP contribution in [0, 0.1) is 11.7 Å². The number of hydrogen-bond donors (Lipinski definition) is 0. The first-order valence-corrected chi connectivity index (χ1v) is 9.54. The van der Waals surface area contributed by atoms with E-state index in [1.165, 1.54) is 31.0 Å². The van der Waals surface area contributed by atoms with Gasteiger partial charge in [0.2, 0.25) is 5.91 Å². The average Bonchev–Trinajstić information content (AvgIpc) is 3.15. The van der Waals surface area contributed by atoms with Crippen molar-refractivity contribution in [2.75, 3.05) is 32.8 Å². The Labute approximate surface area is 158 Å². The Morgan fingerprint density at radius 2 is 1.69 bits per heavy atom. The summed E-state index contributed by atoms with van der Waals surface area (Å²) in [5.74, 6) is 0.437. The first-order chi connectivity index (χ1) is 12.5. The molecule has 2 aliphatic rings. The normalized spacial score (nSPS) is 18.2. The molecule has 0 atom stereocenters. The summed E-state index contributed by atoms with van der Waals surface area (Å²) in [6.45, 7) is 2.04. The predicted octanol–water partition coefficient (Wildman–Crippen LogP) is 3.11. The standard InChI is InChI=1S/C19H24ClFN2O3/c20-16-12-15(5-6-17(16)21)26-13-19(25)23-9-7-22(8-10-23)18(24)11-14-3-1-2-4-14/h5-6,12,14H,1-4,7-11,13H2. The van der Waals surface area contributed by atoms with Gasteiger partial charge in [-0.1, -0.05) is 24.4 Å². The van der Waals surface area contributed by atoms with Crippen LogP contribution in [-0.4, -0.2) is 54.4 Å². The van der Waals surface area contributed by atoms with Crippen LogP contribution in [0.25, 0.3) is 0 Å². The molecule has 142 valence electrons. The summed E-state index contributed by atoms with van der Waals surface area (Å²) in [5, 5.41) is -0.0376. The zero-order valence-electron chi connectivity index (χ0n) is 14.8. The highest BCUT2D eigenvalue weighted by atomic mass is 35.5. The van der Waals surface area contributed by atoms with Crippen molar-refractivity contribution >= 4 is 23.4 Å². The smallest absolute Gasteiger partial charge is 0.260 e. The molecule has 0 spiro atoms. The molecule has 1 aliphatic heterocycles. The minimum absolute atomic E-state index is 0.0376. The third kappa shape index (κ3) is 4.87. The molecule has 1 saturated carbocycles. The van der Waals surface area contributed by atoms with Crippen LogP contribution in [0.5, 0.6) is 5.75 Å². The Morgan fingerprint density at radius 1 is 1.08 bits per heavy atom. The van der Waals surface area contributed by atoms with Crippen molar-refractivity contribution in [3.63, 3.8) is 0 Å². The van der Waals surface area contributed by atoms with Crippen molar-refractivity contribution in [2.45, 2.75) is 32.1 Å². The summed E-state index contributed by atoms with van der Waals surface area (Å²) in [4.78, 5) is 28.2. The van der Waals surface area contributed by atoms with E-state index in [1.54, 1.807) is 4.90 Å². The summed E-state index contributed by atoms with van der Waals surface area (Å²) in [5.41, 5.74) is 0. The van der Waals surface area contributed by atoms with Crippen LogP contribution in [0.4, 0.5) is 4.39 Å². The fraction of sp³-hybridized carbons (Fsp3) is 0.579. The maximum absolute atomic E-state index is 13.1. The Balaban J connectivity index is 1.41. The monoisotopic (exact) mass is 382 g/mol. The van der Waals surface area contributed by atoms with Gasteiger partial charge in [-0.05, 0) is 30.9 Å². The summed E-state index contributed by atoms with van der Waals surface area (Å²) in [6, 6.07) is 3.99. The molecule has 0 bridgehead atoms. The number of rotatable bonds is 5. The molecule has 2 amide bonds. The number of nitrogens with zero attached hydrogens (tertiary/aromatic N) is 2. The van der Waals surface area contributed by atoms with Crippen LogP contribution in [0.15, 0.2) is 18.2 Å². The number of amides is 2. The lowest BCUT2D eigenvalue weighted by molar-refractivity contribution is -0.141. The van der Waals surface area contributed by atoms with Gasteiger partial charge in [0.25, 0.3) is 5.91 Å². The minimum Gasteiger partial charge on any atom is -0.484 e. The summed E-state index contributed by atoms with van der Waals surface area (Å²) in [6.07, 6.45) is 5.44. The number of carbonyl (C=O) groups excluding carboxylic acids is 2. The highest BCUT2D eigenvalue weighted by Crippen LogP contribution is 2.28. The Hall–Kier alpha value is -1.82. The van der Waals surface area contributed by atoms with E-state index in [0.717, 1.165) is 12.8 Å². The molecule has 0 radical (unpaired) electrons. The summed E-state index contributed by atoms with van der Waals surface area (Å²) < 4.78 is 18.5. The molecule has 1 saturated heterocycles. The maximum Gasteiger partial charge on any atom is 0.260 e. The van der Waals surface area contributed by atoms with Gasteiger partial charge in [0.05, 0.1) is 5.02 Å². The van der Waals surface area contributed by atoms with Gasteiger partial charge in [-0.25, -0.2) is 4.39 Å². The second kappa shape index (κ2) is 8.71. The molecule has 3 rings (SSSR count). The molecule has 1 heterocycles. The van der Waals surface area contributed by atoms with Gasteiger partial charge in [-0.3, -0.25) is 9.59 Å². The Kier molecular flexibility index (Phi) is 6.35. The SMILES string of the molecule is O=C(COc1ccc(F)c(Cl)c1)N1CCN(C(=O)CC2CCCC2)CC1. The van der Waals surface area contributed by atoms with E-state index in [-0.39, 0.29) is 23.4 Å². The number of benzene rings is 1. The van der Waals surface area contributed by atoms with Gasteiger partial charge >= 0.3 is 0 Å². The molecule has 1 aromatic rings. The van der Waals surface area contributed by atoms with Gasteiger partial charge in [0.1, 0.15) is 11.6 Å². The third-order valence-electron chi connectivity index (χ3n) is 5.18. The molecule has 7 heteroatoms. The second-order valence-electron chi connectivity index (χ2n) is 6.98. The molecule has 0 unspecified atom stereocenters. The van der Waals surface area contributed by atoms with Crippen molar-refractivity contribution in [1.29, 1.82) is 0 Å². The fourth-order valence-electron chi connectivity index (χ4n) is 3.60. The maximum atomic E-state index is 13.1. The van der Waals surface area contributed by atoms with Gasteiger partial charge in [-0.2, -0.15) is 0 Å². The van der Waals surface area contributed by atoms with Crippen LogP contribution < -0.4 is 4.74 Å². The van der Waals surface area contributed by atoms with E-state index in [0.29, 0.717) is 44.3 Å². The van der Waals surface area contributed by atoms with Crippen LogP contribution in [0.2, 0.25) is 5.02 Å². The van der Waals surface area contributed by atoms with Crippen LogP contribution in [-0.2, 0) is 9.59 Å². The lowest BCUT2D eigenvalue weighted by atomic mass is 10.0. The lowest BCUT2D eigenvalue weighted by Crippen LogP contribution is -2.51. The highest BCUT2D eigenvalue weighted by molar-refractivity contribution is 6.30. The average molecular weight is 383 g/mol. The molecular weight excluding hydrogens is 359 g/mol. The largest absolute Gasteiger partial charge is 0.484 e. The van der Waals surface area contributed by atoms with E-state index in [9.17, 15) is 14.0 Å². The van der Waals surface area contributed by atoms with E-state index in [1.807, 2.05) is 4.90 Å². The highest BCUT2D eigenvalue weighted by Gasteiger charge is 2.26.